The smallest absolute Gasteiger partial charge is 0.364 e. The Morgan fingerprint density at radius 1 is 0.780 bits per heavy atom. The number of carbonyl (C=O) groups is 4. The van der Waals surface area contributed by atoms with Gasteiger partial charge < -0.3 is 34.0 Å². The fraction of sp³-hybridized carbons (Fsp3) is 0.103. The molecule has 1 aromatic heterocycles. The van der Waals surface area contributed by atoms with Crippen molar-refractivity contribution in [1.29, 1.82) is 0 Å². The molecule has 12 nitrogen and oxygen atoms in total. The minimum Gasteiger partial charge on any atom is -0.492 e. The topological polar surface area (TPSA) is 160 Å². The number of esters is 3. The number of aromatic hydroxyl groups is 2. The lowest BCUT2D eigenvalue weighted by Crippen LogP contribution is -2.33. The second-order valence-electron chi connectivity index (χ2n) is 9.13. The number of aromatic nitrogens is 1. The Morgan fingerprint density at radius 2 is 1.34 bits per heavy atom. The highest BCUT2D eigenvalue weighted by atomic mass is 16.7. The van der Waals surface area contributed by atoms with Crippen molar-refractivity contribution in [3.63, 3.8) is 0 Å². The van der Waals surface area contributed by atoms with Gasteiger partial charge in [0, 0.05) is 54.8 Å². The minimum absolute atomic E-state index is 0.115. The molecule has 0 fully saturated rings. The number of fused-ring (bicyclic) bond motifs is 6. The molecule has 206 valence electrons. The normalized spacial score (nSPS) is 13.8. The summed E-state index contributed by atoms with van der Waals surface area (Å²) in [4.78, 5) is 55.0. The van der Waals surface area contributed by atoms with Crippen LogP contribution in [0.25, 0.3) is 0 Å². The second kappa shape index (κ2) is 9.16. The lowest BCUT2D eigenvalue weighted by atomic mass is 9.77. The summed E-state index contributed by atoms with van der Waals surface area (Å²) >= 11 is 0. The number of nitrogens with zero attached hydrogens (tertiary/aromatic N) is 1. The first-order chi connectivity index (χ1) is 19.6. The predicted molar refractivity (Wildman–Crippen MR) is 136 cm³/mol. The molecular weight excluding hydrogens is 538 g/mol. The predicted octanol–water partition coefficient (Wildman–Crippen LogP) is 3.59. The summed E-state index contributed by atoms with van der Waals surface area (Å²) in [5.41, 5.74) is -0.953. The third kappa shape index (κ3) is 4.00. The lowest BCUT2D eigenvalue weighted by Gasteiger charge is -2.36. The number of carbonyl (C=O) groups excluding carboxylic acids is 4. The summed E-state index contributed by atoms with van der Waals surface area (Å²) in [6.07, 6.45) is 0. The van der Waals surface area contributed by atoms with Gasteiger partial charge in [-0.05, 0) is 30.3 Å². The van der Waals surface area contributed by atoms with E-state index in [0.29, 0.717) is 15.9 Å². The highest BCUT2D eigenvalue weighted by Gasteiger charge is 2.55. The zero-order valence-corrected chi connectivity index (χ0v) is 21.4. The number of ether oxygens (including phenoxy) is 4. The zero-order valence-electron chi connectivity index (χ0n) is 21.4. The number of benzene rings is 3. The van der Waals surface area contributed by atoms with Crippen LogP contribution < -0.4 is 19.0 Å². The van der Waals surface area contributed by atoms with Gasteiger partial charge in [-0.3, -0.25) is 9.59 Å². The monoisotopic (exact) mass is 557 g/mol. The molecule has 2 aliphatic rings. The van der Waals surface area contributed by atoms with E-state index in [-0.39, 0.29) is 39.7 Å². The molecule has 0 saturated heterocycles. The van der Waals surface area contributed by atoms with Crippen LogP contribution >= 0.6 is 0 Å². The van der Waals surface area contributed by atoms with Crippen LogP contribution in [0.4, 0.5) is 0 Å². The summed E-state index contributed by atoms with van der Waals surface area (Å²) in [6.45, 7) is 2.48. The largest absolute Gasteiger partial charge is 0.492 e. The summed E-state index contributed by atoms with van der Waals surface area (Å²) in [7, 11) is 0. The lowest BCUT2D eigenvalue weighted by molar-refractivity contribution is -0.132. The first-order valence-electron chi connectivity index (χ1n) is 12.1. The van der Waals surface area contributed by atoms with E-state index < -0.39 is 41.2 Å². The van der Waals surface area contributed by atoms with Crippen LogP contribution in [0, 0.1) is 0 Å². The van der Waals surface area contributed by atoms with Crippen LogP contribution in [0.15, 0.2) is 66.7 Å². The van der Waals surface area contributed by atoms with E-state index in [9.17, 15) is 29.4 Å². The Morgan fingerprint density at radius 3 is 1.88 bits per heavy atom. The molecule has 0 radical (unpaired) electrons. The van der Waals surface area contributed by atoms with Crippen molar-refractivity contribution in [2.45, 2.75) is 19.4 Å². The average Bonchev–Trinajstić information content (AvgIpc) is 3.39. The van der Waals surface area contributed by atoms with E-state index in [1.54, 1.807) is 18.2 Å². The SMILES string of the molecule is CC(=O)Oc1ccc2c(c1)Oc1cc(OC(C)=O)ccc1C21OC(=O)c2c(C(=O)On3c(O)ccc3O)cccc21. The highest BCUT2D eigenvalue weighted by Crippen LogP contribution is 2.57. The van der Waals surface area contributed by atoms with E-state index in [2.05, 4.69) is 0 Å². The quantitative estimate of drug-likeness (QED) is 0.279. The van der Waals surface area contributed by atoms with Gasteiger partial charge in [-0.25, -0.2) is 9.59 Å². The standard InChI is InChI=1S/C29H19NO11/c1-14(31)37-16-6-8-19-22(12-16)39-23-13-17(38-15(2)32)7-9-20(23)29(19)21-5-3-4-18(26(21)28(36)40-29)27(35)41-30-24(33)10-11-25(30)34/h3-13,33-34H,1-2H3. The summed E-state index contributed by atoms with van der Waals surface area (Å²) in [6, 6.07) is 15.7. The Hall–Kier alpha value is -5.78. The zero-order chi connectivity index (χ0) is 29.1. The molecule has 0 amide bonds. The first-order valence-corrected chi connectivity index (χ1v) is 12.1. The molecule has 12 heteroatoms. The van der Waals surface area contributed by atoms with Gasteiger partial charge in [0.1, 0.15) is 23.0 Å². The highest BCUT2D eigenvalue weighted by molar-refractivity contribution is 6.07. The third-order valence-electron chi connectivity index (χ3n) is 6.49. The van der Waals surface area contributed by atoms with Gasteiger partial charge >= 0.3 is 23.9 Å². The van der Waals surface area contributed by atoms with Crippen molar-refractivity contribution in [2.75, 3.05) is 0 Å². The molecule has 3 heterocycles. The molecule has 0 unspecified atom stereocenters. The molecule has 2 aliphatic heterocycles. The number of hydrogen-bond donors (Lipinski definition) is 2. The fourth-order valence-electron chi connectivity index (χ4n) is 4.99. The maximum Gasteiger partial charge on any atom is 0.364 e. The summed E-state index contributed by atoms with van der Waals surface area (Å²) in [5, 5.41) is 19.8. The van der Waals surface area contributed by atoms with E-state index in [0.717, 1.165) is 12.1 Å². The molecule has 1 spiro atoms. The molecule has 6 rings (SSSR count). The maximum atomic E-state index is 13.5. The van der Waals surface area contributed by atoms with Crippen LogP contribution in [-0.2, 0) is 19.9 Å². The maximum absolute atomic E-state index is 13.5. The van der Waals surface area contributed by atoms with Crippen LogP contribution in [0.2, 0.25) is 0 Å². The number of rotatable bonds is 4. The van der Waals surface area contributed by atoms with E-state index >= 15 is 0 Å². The molecule has 0 atom stereocenters. The molecule has 3 aromatic carbocycles. The van der Waals surface area contributed by atoms with Gasteiger partial charge in [0.15, 0.2) is 5.60 Å². The molecule has 41 heavy (non-hydrogen) atoms. The van der Waals surface area contributed by atoms with Crippen molar-refractivity contribution < 1.29 is 53.2 Å². The molecule has 4 aromatic rings. The van der Waals surface area contributed by atoms with Crippen LogP contribution in [-0.4, -0.2) is 38.8 Å². The van der Waals surface area contributed by atoms with Gasteiger partial charge in [0.25, 0.3) is 0 Å². The van der Waals surface area contributed by atoms with Crippen molar-refractivity contribution in [3.05, 3.63) is 94.5 Å². The van der Waals surface area contributed by atoms with Gasteiger partial charge in [0.2, 0.25) is 11.8 Å². The van der Waals surface area contributed by atoms with Crippen LogP contribution in [0.3, 0.4) is 0 Å². The molecule has 0 aliphatic carbocycles. The molecule has 0 bridgehead atoms. The number of hydrogen-bond acceptors (Lipinski definition) is 11. The van der Waals surface area contributed by atoms with Gasteiger partial charge in [-0.15, -0.1) is 4.73 Å². The van der Waals surface area contributed by atoms with Gasteiger partial charge in [-0.1, -0.05) is 12.1 Å². The Labute approximate surface area is 230 Å². The third-order valence-corrected chi connectivity index (χ3v) is 6.49. The molecule has 0 saturated carbocycles. The molecular formula is C29H19NO11. The first kappa shape index (κ1) is 25.5. The second-order valence-corrected chi connectivity index (χ2v) is 9.13. The van der Waals surface area contributed by atoms with Crippen LogP contribution in [0.5, 0.6) is 34.8 Å². The Balaban J connectivity index is 1.55. The Kier molecular flexibility index (Phi) is 5.69. The van der Waals surface area contributed by atoms with Crippen molar-refractivity contribution in [2.24, 2.45) is 0 Å². The van der Waals surface area contributed by atoms with Crippen LogP contribution in [0.1, 0.15) is 51.3 Å². The van der Waals surface area contributed by atoms with E-state index in [4.69, 9.17) is 23.8 Å². The van der Waals surface area contributed by atoms with Gasteiger partial charge in [0.05, 0.1) is 11.1 Å². The summed E-state index contributed by atoms with van der Waals surface area (Å²) < 4.78 is 23.1. The fourth-order valence-corrected chi connectivity index (χ4v) is 4.99. The van der Waals surface area contributed by atoms with Crippen molar-refractivity contribution in [1.82, 2.24) is 4.73 Å². The van der Waals surface area contributed by atoms with E-state index in [1.165, 1.54) is 50.2 Å². The van der Waals surface area contributed by atoms with E-state index in [1.807, 2.05) is 0 Å². The molecule has 2 N–H and O–H groups in total. The van der Waals surface area contributed by atoms with Gasteiger partial charge in [-0.2, -0.15) is 0 Å². The summed E-state index contributed by atoms with van der Waals surface area (Å²) in [5.74, 6) is -3.44. The van der Waals surface area contributed by atoms with Crippen molar-refractivity contribution in [3.8, 4) is 34.8 Å². The average molecular weight is 557 g/mol. The minimum atomic E-state index is -1.63. The van der Waals surface area contributed by atoms with Crippen molar-refractivity contribution >= 4 is 23.9 Å². The Bertz CT molecular complexity index is 1720.